The van der Waals surface area contributed by atoms with Crippen LogP contribution in [0.25, 0.3) is 0 Å². The third-order valence-electron chi connectivity index (χ3n) is 3.36. The van der Waals surface area contributed by atoms with E-state index in [2.05, 4.69) is 55.5 Å². The molecule has 1 atom stereocenters. The van der Waals surface area contributed by atoms with Crippen LogP contribution in [-0.2, 0) is 5.41 Å². The molecule has 1 heterocycles. The maximum atomic E-state index is 3.50. The molecule has 0 saturated carbocycles. The SMILES string of the molecule is CC.CN(C)CCC1(C)CNc2ccccc21. The van der Waals surface area contributed by atoms with Crippen molar-refractivity contribution in [2.45, 2.75) is 32.6 Å². The summed E-state index contributed by atoms with van der Waals surface area (Å²) in [4.78, 5) is 2.26. The van der Waals surface area contributed by atoms with Crippen LogP contribution in [0.1, 0.15) is 32.8 Å². The summed E-state index contributed by atoms with van der Waals surface area (Å²) in [7, 11) is 4.27. The van der Waals surface area contributed by atoms with Crippen molar-refractivity contribution in [2.75, 3.05) is 32.5 Å². The molecule has 1 aliphatic heterocycles. The Balaban J connectivity index is 0.000000686. The van der Waals surface area contributed by atoms with Crippen LogP contribution in [0.4, 0.5) is 5.69 Å². The highest BCUT2D eigenvalue weighted by Gasteiger charge is 2.33. The second-order valence-corrected chi connectivity index (χ2v) is 5.01. The van der Waals surface area contributed by atoms with Crippen LogP contribution in [0.3, 0.4) is 0 Å². The molecule has 2 heteroatoms. The predicted octanol–water partition coefficient (Wildman–Crippen LogP) is 3.35. The van der Waals surface area contributed by atoms with Crippen molar-refractivity contribution in [3.8, 4) is 0 Å². The third kappa shape index (κ3) is 3.22. The summed E-state index contributed by atoms with van der Waals surface area (Å²) in [5.74, 6) is 0. The number of anilines is 1. The van der Waals surface area contributed by atoms with Gasteiger partial charge in [-0.05, 0) is 38.7 Å². The van der Waals surface area contributed by atoms with Gasteiger partial charge in [0.2, 0.25) is 0 Å². The van der Waals surface area contributed by atoms with E-state index in [1.807, 2.05) is 13.8 Å². The lowest BCUT2D eigenvalue weighted by atomic mass is 9.81. The van der Waals surface area contributed by atoms with E-state index in [1.165, 1.54) is 17.7 Å². The summed E-state index contributed by atoms with van der Waals surface area (Å²) in [6.45, 7) is 8.57. The normalized spacial score (nSPS) is 21.5. The average Bonchev–Trinajstić information content (AvgIpc) is 2.69. The number of fused-ring (bicyclic) bond motifs is 1. The van der Waals surface area contributed by atoms with E-state index in [0.29, 0.717) is 5.41 Å². The summed E-state index contributed by atoms with van der Waals surface area (Å²) in [6.07, 6.45) is 1.21. The van der Waals surface area contributed by atoms with Crippen molar-refractivity contribution >= 4 is 5.69 Å². The number of hydrogen-bond donors (Lipinski definition) is 1. The van der Waals surface area contributed by atoms with Crippen LogP contribution in [0.15, 0.2) is 24.3 Å². The molecular weight excluding hydrogens is 208 g/mol. The van der Waals surface area contributed by atoms with Crippen LogP contribution in [0.2, 0.25) is 0 Å². The van der Waals surface area contributed by atoms with Crippen molar-refractivity contribution in [1.82, 2.24) is 4.90 Å². The lowest BCUT2D eigenvalue weighted by molar-refractivity contribution is 0.342. The molecule has 0 saturated heterocycles. The van der Waals surface area contributed by atoms with Gasteiger partial charge in [0.05, 0.1) is 0 Å². The van der Waals surface area contributed by atoms with Gasteiger partial charge in [-0.3, -0.25) is 0 Å². The molecular formula is C15H26N2. The molecule has 1 aromatic carbocycles. The predicted molar refractivity (Wildman–Crippen MR) is 76.8 cm³/mol. The number of nitrogens with one attached hydrogen (secondary N) is 1. The van der Waals surface area contributed by atoms with E-state index in [1.54, 1.807) is 0 Å². The molecule has 0 bridgehead atoms. The highest BCUT2D eigenvalue weighted by atomic mass is 15.1. The van der Waals surface area contributed by atoms with Gasteiger partial charge in [-0.2, -0.15) is 0 Å². The van der Waals surface area contributed by atoms with Gasteiger partial charge in [0, 0.05) is 17.6 Å². The fraction of sp³-hybridized carbons (Fsp3) is 0.600. The Bertz CT molecular complexity index is 347. The fourth-order valence-corrected chi connectivity index (χ4v) is 2.24. The van der Waals surface area contributed by atoms with Crippen molar-refractivity contribution < 1.29 is 0 Å². The first-order valence-electron chi connectivity index (χ1n) is 6.60. The van der Waals surface area contributed by atoms with E-state index >= 15 is 0 Å². The van der Waals surface area contributed by atoms with Gasteiger partial charge < -0.3 is 10.2 Å². The lowest BCUT2D eigenvalue weighted by Gasteiger charge is -2.25. The highest BCUT2D eigenvalue weighted by molar-refractivity contribution is 5.59. The van der Waals surface area contributed by atoms with Crippen molar-refractivity contribution in [3.63, 3.8) is 0 Å². The zero-order valence-corrected chi connectivity index (χ0v) is 11.9. The molecule has 96 valence electrons. The molecule has 0 radical (unpaired) electrons. The minimum absolute atomic E-state index is 0.306. The Morgan fingerprint density at radius 3 is 2.53 bits per heavy atom. The molecule has 0 aliphatic carbocycles. The quantitative estimate of drug-likeness (QED) is 0.863. The number of rotatable bonds is 3. The minimum atomic E-state index is 0.306. The molecule has 1 aliphatic rings. The van der Waals surface area contributed by atoms with Gasteiger partial charge in [-0.15, -0.1) is 0 Å². The lowest BCUT2D eigenvalue weighted by Crippen LogP contribution is -2.29. The van der Waals surface area contributed by atoms with Gasteiger partial charge in [-0.25, -0.2) is 0 Å². The fourth-order valence-electron chi connectivity index (χ4n) is 2.24. The number of hydrogen-bond acceptors (Lipinski definition) is 2. The number of benzene rings is 1. The maximum absolute atomic E-state index is 3.50. The van der Waals surface area contributed by atoms with E-state index in [-0.39, 0.29) is 0 Å². The first-order chi connectivity index (χ1) is 8.12. The Labute approximate surface area is 106 Å². The second kappa shape index (κ2) is 6.06. The van der Waals surface area contributed by atoms with Gasteiger partial charge >= 0.3 is 0 Å². The summed E-state index contributed by atoms with van der Waals surface area (Å²) >= 11 is 0. The monoisotopic (exact) mass is 234 g/mol. The van der Waals surface area contributed by atoms with E-state index in [9.17, 15) is 0 Å². The molecule has 0 aromatic heterocycles. The van der Waals surface area contributed by atoms with Crippen molar-refractivity contribution in [3.05, 3.63) is 29.8 Å². The highest BCUT2D eigenvalue weighted by Crippen LogP contribution is 2.38. The van der Waals surface area contributed by atoms with Crippen molar-refractivity contribution in [2.24, 2.45) is 0 Å². The third-order valence-corrected chi connectivity index (χ3v) is 3.36. The Morgan fingerprint density at radius 2 is 1.88 bits per heavy atom. The Hall–Kier alpha value is -1.02. The van der Waals surface area contributed by atoms with Crippen LogP contribution in [0.5, 0.6) is 0 Å². The number of para-hydroxylation sites is 1. The van der Waals surface area contributed by atoms with E-state index < -0.39 is 0 Å². The molecule has 1 N–H and O–H groups in total. The van der Waals surface area contributed by atoms with Crippen LogP contribution < -0.4 is 5.32 Å². The van der Waals surface area contributed by atoms with Crippen LogP contribution >= 0.6 is 0 Å². The van der Waals surface area contributed by atoms with Gasteiger partial charge in [0.15, 0.2) is 0 Å². The zero-order chi connectivity index (χ0) is 12.9. The maximum Gasteiger partial charge on any atom is 0.0379 e. The smallest absolute Gasteiger partial charge is 0.0379 e. The largest absolute Gasteiger partial charge is 0.384 e. The van der Waals surface area contributed by atoms with E-state index in [0.717, 1.165) is 13.1 Å². The first kappa shape index (κ1) is 14.0. The zero-order valence-electron chi connectivity index (χ0n) is 11.9. The van der Waals surface area contributed by atoms with E-state index in [4.69, 9.17) is 0 Å². The Morgan fingerprint density at radius 1 is 1.24 bits per heavy atom. The summed E-state index contributed by atoms with van der Waals surface area (Å²) in [5.41, 5.74) is 3.10. The van der Waals surface area contributed by atoms with Crippen LogP contribution in [0, 0.1) is 0 Å². The molecule has 1 aromatic rings. The topological polar surface area (TPSA) is 15.3 Å². The molecule has 1 unspecified atom stereocenters. The van der Waals surface area contributed by atoms with Gasteiger partial charge in [-0.1, -0.05) is 39.0 Å². The second-order valence-electron chi connectivity index (χ2n) is 5.01. The standard InChI is InChI=1S/C13H20N2.C2H6/c1-13(8-9-15(2)3)10-14-12-7-5-4-6-11(12)13;1-2/h4-7,14H,8-10H2,1-3H3;1-2H3. The Kier molecular flexibility index (Phi) is 5.01. The molecule has 0 fully saturated rings. The molecule has 0 spiro atoms. The summed E-state index contributed by atoms with van der Waals surface area (Å²) in [6, 6.07) is 8.67. The summed E-state index contributed by atoms with van der Waals surface area (Å²) in [5, 5.41) is 3.50. The van der Waals surface area contributed by atoms with Crippen LogP contribution in [-0.4, -0.2) is 32.1 Å². The average molecular weight is 234 g/mol. The van der Waals surface area contributed by atoms with Gasteiger partial charge in [0.25, 0.3) is 0 Å². The number of nitrogens with zero attached hydrogens (tertiary/aromatic N) is 1. The molecule has 2 rings (SSSR count). The molecule has 2 nitrogen and oxygen atoms in total. The summed E-state index contributed by atoms with van der Waals surface area (Å²) < 4.78 is 0. The molecule has 0 amide bonds. The molecule has 17 heavy (non-hydrogen) atoms. The minimum Gasteiger partial charge on any atom is -0.384 e. The van der Waals surface area contributed by atoms with Crippen molar-refractivity contribution in [1.29, 1.82) is 0 Å². The first-order valence-corrected chi connectivity index (χ1v) is 6.60. The van der Waals surface area contributed by atoms with Gasteiger partial charge in [0.1, 0.15) is 0 Å².